The van der Waals surface area contributed by atoms with Gasteiger partial charge in [-0.1, -0.05) is 48.0 Å². The highest BCUT2D eigenvalue weighted by molar-refractivity contribution is 6.15. The summed E-state index contributed by atoms with van der Waals surface area (Å²) >= 11 is 0. The lowest BCUT2D eigenvalue weighted by Crippen LogP contribution is -2.33. The van der Waals surface area contributed by atoms with E-state index in [4.69, 9.17) is 14.2 Å². The number of Topliss-reactive ketones (excluding diaryl/α,β-unsaturated/α-hetero) is 1. The van der Waals surface area contributed by atoms with Gasteiger partial charge >= 0.3 is 0 Å². The molecule has 5 heteroatoms. The van der Waals surface area contributed by atoms with E-state index >= 15 is 0 Å². The Bertz CT molecular complexity index is 1210. The molecule has 0 aromatic heterocycles. The summed E-state index contributed by atoms with van der Waals surface area (Å²) in [7, 11) is 1.69. The van der Waals surface area contributed by atoms with Crippen LogP contribution in [0.1, 0.15) is 32.6 Å². The number of aryl methyl sites for hydroxylation is 1. The summed E-state index contributed by atoms with van der Waals surface area (Å²) in [6, 6.07) is 19.7. The summed E-state index contributed by atoms with van der Waals surface area (Å²) in [5, 5.41) is 0. The Morgan fingerprint density at radius 1 is 1.09 bits per heavy atom. The third-order valence-electron chi connectivity index (χ3n) is 5.91. The van der Waals surface area contributed by atoms with Gasteiger partial charge in [-0.05, 0) is 48.7 Å². The van der Waals surface area contributed by atoms with Crippen molar-refractivity contribution >= 4 is 11.9 Å². The molecule has 5 rings (SSSR count). The average Bonchev–Trinajstić information content (AvgIpc) is 3.13. The van der Waals surface area contributed by atoms with Crippen LogP contribution in [0.15, 0.2) is 66.4 Å². The second-order valence-corrected chi connectivity index (χ2v) is 8.16. The molecule has 162 valence electrons. The minimum Gasteiger partial charge on any atom is -0.496 e. The first-order chi connectivity index (χ1) is 15.6. The van der Waals surface area contributed by atoms with Gasteiger partial charge in [0.2, 0.25) is 5.78 Å². The lowest BCUT2D eigenvalue weighted by Gasteiger charge is -2.29. The quantitative estimate of drug-likeness (QED) is 0.536. The zero-order valence-corrected chi connectivity index (χ0v) is 18.3. The molecular formula is C27H25NO4. The molecule has 0 amide bonds. The van der Waals surface area contributed by atoms with E-state index in [0.717, 1.165) is 46.7 Å². The van der Waals surface area contributed by atoms with Crippen LogP contribution < -0.4 is 14.2 Å². The molecule has 0 saturated carbocycles. The minimum atomic E-state index is -0.0875. The molecule has 32 heavy (non-hydrogen) atoms. The zero-order chi connectivity index (χ0) is 22.1. The van der Waals surface area contributed by atoms with Crippen molar-refractivity contribution in [3.05, 3.63) is 94.2 Å². The molecule has 2 aliphatic rings. The van der Waals surface area contributed by atoms with Crippen LogP contribution in [0.4, 0.5) is 0 Å². The first kappa shape index (κ1) is 20.3. The molecule has 2 aliphatic heterocycles. The summed E-state index contributed by atoms with van der Waals surface area (Å²) in [6.45, 7) is 4.00. The number of ether oxygens (including phenoxy) is 3. The summed E-state index contributed by atoms with van der Waals surface area (Å²) in [4.78, 5) is 15.2. The molecule has 0 saturated heterocycles. The Morgan fingerprint density at radius 2 is 1.97 bits per heavy atom. The predicted octanol–water partition coefficient (Wildman–Crippen LogP) is 5.01. The highest BCUT2D eigenvalue weighted by atomic mass is 16.5. The maximum Gasteiger partial charge on any atom is 0.231 e. The molecule has 5 nitrogen and oxygen atoms in total. The fraction of sp³-hybridized carbons (Fsp3) is 0.222. The van der Waals surface area contributed by atoms with Crippen LogP contribution in [0.25, 0.3) is 6.08 Å². The molecule has 0 atom stereocenters. The molecule has 0 spiro atoms. The molecule has 0 radical (unpaired) electrons. The van der Waals surface area contributed by atoms with Gasteiger partial charge in [0.25, 0.3) is 0 Å². The molecule has 2 heterocycles. The molecule has 0 aliphatic carbocycles. The molecule has 0 N–H and O–H groups in total. The second kappa shape index (κ2) is 8.52. The molecule has 0 fully saturated rings. The van der Waals surface area contributed by atoms with Gasteiger partial charge in [-0.15, -0.1) is 0 Å². The van der Waals surface area contributed by atoms with E-state index in [1.807, 2.05) is 61.5 Å². The van der Waals surface area contributed by atoms with Gasteiger partial charge in [0, 0.05) is 13.1 Å². The largest absolute Gasteiger partial charge is 0.496 e. The smallest absolute Gasteiger partial charge is 0.231 e. The monoisotopic (exact) mass is 427 g/mol. The number of benzene rings is 3. The van der Waals surface area contributed by atoms with Crippen molar-refractivity contribution in [1.82, 2.24) is 4.90 Å². The fourth-order valence-electron chi connectivity index (χ4n) is 4.25. The van der Waals surface area contributed by atoms with E-state index in [2.05, 4.69) is 11.0 Å². The lowest BCUT2D eigenvalue weighted by molar-refractivity contribution is 0.0948. The number of carbonyl (C=O) groups excluding carboxylic acids is 1. The Labute approximate surface area is 187 Å². The van der Waals surface area contributed by atoms with Gasteiger partial charge in [0.15, 0.2) is 5.76 Å². The Kier molecular flexibility index (Phi) is 5.41. The van der Waals surface area contributed by atoms with Crippen LogP contribution in [0, 0.1) is 6.92 Å². The first-order valence-corrected chi connectivity index (χ1v) is 10.8. The van der Waals surface area contributed by atoms with E-state index in [-0.39, 0.29) is 5.78 Å². The molecule has 0 bridgehead atoms. The van der Waals surface area contributed by atoms with Crippen molar-refractivity contribution in [2.45, 2.75) is 19.9 Å². The average molecular weight is 428 g/mol. The fourth-order valence-corrected chi connectivity index (χ4v) is 4.25. The van der Waals surface area contributed by atoms with Gasteiger partial charge in [0.05, 0.1) is 18.2 Å². The minimum absolute atomic E-state index is 0.0875. The highest BCUT2D eigenvalue weighted by Gasteiger charge is 2.33. The summed E-state index contributed by atoms with van der Waals surface area (Å²) in [6.07, 6.45) is 2.65. The number of nitrogens with zero attached hydrogens (tertiary/aromatic N) is 1. The van der Waals surface area contributed by atoms with Gasteiger partial charge in [-0.25, -0.2) is 0 Å². The number of methoxy groups -OCH3 is 1. The van der Waals surface area contributed by atoms with Crippen molar-refractivity contribution in [2.24, 2.45) is 0 Å². The van der Waals surface area contributed by atoms with Crippen LogP contribution in [0.3, 0.4) is 0 Å². The third-order valence-corrected chi connectivity index (χ3v) is 5.91. The number of rotatable bonds is 5. The van der Waals surface area contributed by atoms with Crippen LogP contribution in [-0.4, -0.2) is 31.1 Å². The summed E-state index contributed by atoms with van der Waals surface area (Å²) in [5.41, 5.74) is 4.77. The van der Waals surface area contributed by atoms with Crippen molar-refractivity contribution < 1.29 is 19.0 Å². The molecule has 3 aromatic carbocycles. The predicted molar refractivity (Wildman–Crippen MR) is 123 cm³/mol. The topological polar surface area (TPSA) is 48.0 Å². The van der Waals surface area contributed by atoms with E-state index in [9.17, 15) is 4.79 Å². The standard InChI is InChI=1S/C27H25NO4/c1-18-6-5-7-19(14-18)15-25-26(29)21-10-11-24-22(27(21)32-25)16-28(17-31-24)13-12-20-8-3-4-9-23(20)30-2/h3-11,14-15H,12-13,16-17H2,1-2H3/b25-15-. The third kappa shape index (κ3) is 3.87. The van der Waals surface area contributed by atoms with E-state index in [0.29, 0.717) is 30.3 Å². The second-order valence-electron chi connectivity index (χ2n) is 8.16. The maximum absolute atomic E-state index is 13.0. The van der Waals surface area contributed by atoms with Crippen molar-refractivity contribution in [3.8, 4) is 17.2 Å². The van der Waals surface area contributed by atoms with Crippen LogP contribution in [-0.2, 0) is 13.0 Å². The summed E-state index contributed by atoms with van der Waals surface area (Å²) in [5.74, 6) is 2.56. The van der Waals surface area contributed by atoms with Crippen LogP contribution in [0.2, 0.25) is 0 Å². The number of para-hydroxylation sites is 1. The lowest BCUT2D eigenvalue weighted by atomic mass is 10.0. The molecule has 0 unspecified atom stereocenters. The number of hydrogen-bond donors (Lipinski definition) is 0. The zero-order valence-electron chi connectivity index (χ0n) is 18.3. The number of ketones is 1. The van der Waals surface area contributed by atoms with E-state index in [1.165, 1.54) is 0 Å². The number of carbonyl (C=O) groups is 1. The van der Waals surface area contributed by atoms with Crippen molar-refractivity contribution in [2.75, 3.05) is 20.4 Å². The van der Waals surface area contributed by atoms with Gasteiger partial charge in [-0.2, -0.15) is 0 Å². The Morgan fingerprint density at radius 3 is 2.81 bits per heavy atom. The SMILES string of the molecule is COc1ccccc1CCN1COc2ccc3c(c2C1)O/C(=C\c1cccc(C)c1)C3=O. The number of fused-ring (bicyclic) bond motifs is 3. The number of hydrogen-bond acceptors (Lipinski definition) is 5. The normalized spacial score (nSPS) is 16.3. The Hall–Kier alpha value is -3.57. The van der Waals surface area contributed by atoms with Gasteiger partial charge in [0.1, 0.15) is 24.0 Å². The van der Waals surface area contributed by atoms with Gasteiger partial charge in [-0.3, -0.25) is 9.69 Å². The van der Waals surface area contributed by atoms with Crippen molar-refractivity contribution in [1.29, 1.82) is 0 Å². The maximum atomic E-state index is 13.0. The van der Waals surface area contributed by atoms with E-state index in [1.54, 1.807) is 13.2 Å². The highest BCUT2D eigenvalue weighted by Crippen LogP contribution is 2.42. The number of allylic oxidation sites excluding steroid dienone is 1. The Balaban J connectivity index is 1.36. The van der Waals surface area contributed by atoms with Gasteiger partial charge < -0.3 is 14.2 Å². The molecule has 3 aromatic rings. The molecular weight excluding hydrogens is 402 g/mol. The summed E-state index contributed by atoms with van der Waals surface area (Å²) < 4.78 is 17.6. The van der Waals surface area contributed by atoms with Crippen LogP contribution in [0.5, 0.6) is 17.2 Å². The van der Waals surface area contributed by atoms with Crippen LogP contribution >= 0.6 is 0 Å². The first-order valence-electron chi connectivity index (χ1n) is 10.8. The van der Waals surface area contributed by atoms with Crippen molar-refractivity contribution in [3.63, 3.8) is 0 Å². The van der Waals surface area contributed by atoms with E-state index < -0.39 is 0 Å².